The number of oxime groups is 1. The van der Waals surface area contributed by atoms with Crippen molar-refractivity contribution in [3.63, 3.8) is 0 Å². The van der Waals surface area contributed by atoms with Gasteiger partial charge in [-0.3, -0.25) is 9.59 Å². The van der Waals surface area contributed by atoms with E-state index in [9.17, 15) is 9.59 Å². The molecule has 2 atom stereocenters. The van der Waals surface area contributed by atoms with Crippen LogP contribution in [0.4, 0.5) is 0 Å². The molecule has 0 aliphatic rings. The number of rotatable bonds is 5. The normalized spacial score (nSPS) is 15.5. The smallest absolute Gasteiger partial charge is 0.230 e. The van der Waals surface area contributed by atoms with Crippen molar-refractivity contribution in [2.24, 2.45) is 22.5 Å². The molecule has 7 nitrogen and oxygen atoms in total. The van der Waals surface area contributed by atoms with Gasteiger partial charge in [0.2, 0.25) is 11.8 Å². The van der Waals surface area contributed by atoms with Crippen LogP contribution in [0.5, 0.6) is 0 Å². The number of hydrogen-bond donors (Lipinski definition) is 4. The number of nitrogens with two attached hydrogens (primary N) is 2. The van der Waals surface area contributed by atoms with Gasteiger partial charge in [-0.1, -0.05) is 5.16 Å². The van der Waals surface area contributed by atoms with Gasteiger partial charge in [0.1, 0.15) is 0 Å². The molecule has 0 aromatic carbocycles. The minimum Gasteiger partial charge on any atom is -0.409 e. The van der Waals surface area contributed by atoms with Crippen LogP contribution in [-0.4, -0.2) is 28.9 Å². The largest absolute Gasteiger partial charge is 0.409 e. The molecule has 0 rings (SSSR count). The second-order valence-corrected chi connectivity index (χ2v) is 3.33. The van der Waals surface area contributed by atoms with E-state index in [1.54, 1.807) is 6.92 Å². The highest BCUT2D eigenvalue weighted by atomic mass is 16.4. The highest BCUT2D eigenvalue weighted by Crippen LogP contribution is 1.97. The first-order valence-electron chi connectivity index (χ1n) is 4.44. The third kappa shape index (κ3) is 4.84. The summed E-state index contributed by atoms with van der Waals surface area (Å²) in [5, 5.41) is 13.6. The molecule has 86 valence electrons. The standard InChI is InChI=1S/C8H16N4O3/c1-4(3-6(9)13)11-8(14)5(2)7(10)12-15/h4-5,15H,3H2,1-2H3,(H2,9,13)(H2,10,12)(H,11,14). The first-order valence-corrected chi connectivity index (χ1v) is 4.44. The fourth-order valence-corrected chi connectivity index (χ4v) is 0.942. The van der Waals surface area contributed by atoms with E-state index in [1.807, 2.05) is 0 Å². The van der Waals surface area contributed by atoms with E-state index in [4.69, 9.17) is 16.7 Å². The van der Waals surface area contributed by atoms with Crippen LogP contribution in [0.1, 0.15) is 20.3 Å². The molecule has 0 bridgehead atoms. The van der Waals surface area contributed by atoms with E-state index in [1.165, 1.54) is 6.92 Å². The van der Waals surface area contributed by atoms with E-state index in [2.05, 4.69) is 10.5 Å². The van der Waals surface area contributed by atoms with Crippen LogP contribution >= 0.6 is 0 Å². The molecule has 0 fully saturated rings. The Hall–Kier alpha value is -1.79. The predicted molar refractivity (Wildman–Crippen MR) is 54.0 cm³/mol. The zero-order chi connectivity index (χ0) is 12.0. The second-order valence-electron chi connectivity index (χ2n) is 3.33. The number of nitrogens with one attached hydrogen (secondary N) is 1. The van der Waals surface area contributed by atoms with Crippen molar-refractivity contribution in [1.29, 1.82) is 0 Å². The lowest BCUT2D eigenvalue weighted by atomic mass is 10.1. The van der Waals surface area contributed by atoms with E-state index in [0.717, 1.165) is 0 Å². The second kappa shape index (κ2) is 5.84. The lowest BCUT2D eigenvalue weighted by Gasteiger charge is -2.15. The molecule has 6 N–H and O–H groups in total. The van der Waals surface area contributed by atoms with Gasteiger partial charge in [-0.2, -0.15) is 0 Å². The number of carbonyl (C=O) groups is 2. The molecule has 2 amide bonds. The summed E-state index contributed by atoms with van der Waals surface area (Å²) in [4.78, 5) is 21.9. The van der Waals surface area contributed by atoms with Crippen molar-refractivity contribution < 1.29 is 14.8 Å². The maximum atomic E-state index is 11.4. The lowest BCUT2D eigenvalue weighted by Crippen LogP contribution is -2.42. The highest BCUT2D eigenvalue weighted by molar-refractivity contribution is 6.01. The molecule has 0 spiro atoms. The van der Waals surface area contributed by atoms with Gasteiger partial charge in [0.05, 0.1) is 5.92 Å². The molecule has 0 heterocycles. The van der Waals surface area contributed by atoms with Crippen molar-refractivity contribution in [3.8, 4) is 0 Å². The minimum absolute atomic E-state index is 0.0502. The Kier molecular flexibility index (Phi) is 5.14. The Morgan fingerprint density at radius 2 is 1.93 bits per heavy atom. The Balaban J connectivity index is 4.19. The maximum absolute atomic E-state index is 11.4. The molecule has 0 aromatic rings. The quantitative estimate of drug-likeness (QED) is 0.198. The predicted octanol–water partition coefficient (Wildman–Crippen LogP) is -1.25. The first kappa shape index (κ1) is 13.2. The average Bonchev–Trinajstić information content (AvgIpc) is 2.13. The van der Waals surface area contributed by atoms with Crippen molar-refractivity contribution in [2.45, 2.75) is 26.3 Å². The first-order chi connectivity index (χ1) is 6.88. The van der Waals surface area contributed by atoms with Gasteiger partial charge in [-0.05, 0) is 13.8 Å². The summed E-state index contributed by atoms with van der Waals surface area (Å²) < 4.78 is 0. The summed E-state index contributed by atoms with van der Waals surface area (Å²) in [7, 11) is 0. The monoisotopic (exact) mass is 216 g/mol. The zero-order valence-electron chi connectivity index (χ0n) is 8.73. The van der Waals surface area contributed by atoms with E-state index < -0.39 is 17.7 Å². The summed E-state index contributed by atoms with van der Waals surface area (Å²) in [6, 6.07) is -0.371. The highest BCUT2D eigenvalue weighted by Gasteiger charge is 2.19. The van der Waals surface area contributed by atoms with Crippen LogP contribution in [-0.2, 0) is 9.59 Å². The Morgan fingerprint density at radius 3 is 2.33 bits per heavy atom. The molecule has 0 radical (unpaired) electrons. The van der Waals surface area contributed by atoms with Gasteiger partial charge in [0.25, 0.3) is 0 Å². The average molecular weight is 216 g/mol. The lowest BCUT2D eigenvalue weighted by molar-refractivity contribution is -0.123. The van der Waals surface area contributed by atoms with Gasteiger partial charge in [-0.25, -0.2) is 0 Å². The molecule has 0 aromatic heterocycles. The van der Waals surface area contributed by atoms with Gasteiger partial charge in [0.15, 0.2) is 5.84 Å². The molecule has 15 heavy (non-hydrogen) atoms. The van der Waals surface area contributed by atoms with Crippen molar-refractivity contribution in [3.05, 3.63) is 0 Å². The molecular weight excluding hydrogens is 200 g/mol. The molecule has 0 aliphatic heterocycles. The molecular formula is C8H16N4O3. The van der Waals surface area contributed by atoms with Gasteiger partial charge in [0, 0.05) is 12.5 Å². The Labute approximate surface area is 87.5 Å². The third-order valence-electron chi connectivity index (χ3n) is 1.85. The van der Waals surface area contributed by atoms with Gasteiger partial charge in [-0.15, -0.1) is 0 Å². The SMILES string of the molecule is CC(CC(N)=O)NC(=O)C(C)C(N)=NO. The minimum atomic E-state index is -0.745. The van der Waals surface area contributed by atoms with E-state index >= 15 is 0 Å². The van der Waals surface area contributed by atoms with Crippen molar-refractivity contribution >= 4 is 17.6 Å². The number of amides is 2. The summed E-state index contributed by atoms with van der Waals surface area (Å²) in [6.45, 7) is 3.13. The van der Waals surface area contributed by atoms with Crippen LogP contribution in [0.15, 0.2) is 5.16 Å². The fraction of sp³-hybridized carbons (Fsp3) is 0.625. The Bertz CT molecular complexity index is 277. The van der Waals surface area contributed by atoms with Crippen LogP contribution in [0, 0.1) is 5.92 Å². The van der Waals surface area contributed by atoms with Crippen LogP contribution < -0.4 is 16.8 Å². The van der Waals surface area contributed by atoms with Gasteiger partial charge >= 0.3 is 0 Å². The van der Waals surface area contributed by atoms with Gasteiger partial charge < -0.3 is 22.0 Å². The van der Waals surface area contributed by atoms with Crippen LogP contribution in [0.2, 0.25) is 0 Å². The number of carbonyl (C=O) groups excluding carboxylic acids is 2. The number of primary amides is 1. The van der Waals surface area contributed by atoms with Crippen molar-refractivity contribution in [2.75, 3.05) is 0 Å². The molecule has 2 unspecified atom stereocenters. The maximum Gasteiger partial charge on any atom is 0.230 e. The topological polar surface area (TPSA) is 131 Å². The van der Waals surface area contributed by atoms with Crippen LogP contribution in [0.3, 0.4) is 0 Å². The van der Waals surface area contributed by atoms with E-state index in [0.29, 0.717) is 0 Å². The molecule has 0 saturated heterocycles. The van der Waals surface area contributed by atoms with Crippen molar-refractivity contribution in [1.82, 2.24) is 5.32 Å². The number of nitrogens with zero attached hydrogens (tertiary/aromatic N) is 1. The zero-order valence-corrected chi connectivity index (χ0v) is 8.73. The number of hydrogen-bond acceptors (Lipinski definition) is 4. The molecule has 7 heteroatoms. The van der Waals surface area contributed by atoms with Crippen LogP contribution in [0.25, 0.3) is 0 Å². The summed E-state index contributed by atoms with van der Waals surface area (Å²) in [6.07, 6.45) is 0.0502. The third-order valence-corrected chi connectivity index (χ3v) is 1.85. The van der Waals surface area contributed by atoms with E-state index in [-0.39, 0.29) is 18.3 Å². The molecule has 0 aliphatic carbocycles. The number of amidine groups is 1. The fourth-order valence-electron chi connectivity index (χ4n) is 0.942. The summed E-state index contributed by atoms with van der Waals surface area (Å²) >= 11 is 0. The summed E-state index contributed by atoms with van der Waals surface area (Å²) in [5.74, 6) is -1.84. The Morgan fingerprint density at radius 1 is 1.40 bits per heavy atom. The molecule has 0 saturated carbocycles. The summed E-state index contributed by atoms with van der Waals surface area (Å²) in [5.41, 5.74) is 10.2.